The second-order valence-electron chi connectivity index (χ2n) is 5.52. The number of ether oxygens (including phenoxy) is 1. The highest BCUT2D eigenvalue weighted by atomic mass is 32.2. The van der Waals surface area contributed by atoms with Gasteiger partial charge in [-0.3, -0.25) is 9.79 Å². The van der Waals surface area contributed by atoms with Crippen LogP contribution in [0.1, 0.15) is 31.0 Å². The van der Waals surface area contributed by atoms with Gasteiger partial charge in [-0.1, -0.05) is 29.5 Å². The van der Waals surface area contributed by atoms with Gasteiger partial charge in [0.2, 0.25) is 0 Å². The Balaban J connectivity index is 2.09. The van der Waals surface area contributed by atoms with Gasteiger partial charge in [0.15, 0.2) is 5.17 Å². The minimum Gasteiger partial charge on any atom is -0.494 e. The summed E-state index contributed by atoms with van der Waals surface area (Å²) in [5.74, 6) is 1.21. The van der Waals surface area contributed by atoms with E-state index in [2.05, 4.69) is 15.6 Å². The Morgan fingerprint density at radius 3 is 3.00 bits per heavy atom. The number of nitrogens with one attached hydrogen (secondary N) is 2. The van der Waals surface area contributed by atoms with E-state index in [4.69, 9.17) is 4.74 Å². The minimum atomic E-state index is -0.435. The molecule has 1 amide bonds. The Labute approximate surface area is 152 Å². The summed E-state index contributed by atoms with van der Waals surface area (Å²) in [5.41, 5.74) is 1.97. The van der Waals surface area contributed by atoms with Crippen molar-refractivity contribution in [2.24, 2.45) is 4.99 Å². The first-order valence-corrected chi connectivity index (χ1v) is 9.12. The lowest BCUT2D eigenvalue weighted by molar-refractivity contribution is -0.117. The van der Waals surface area contributed by atoms with Gasteiger partial charge in [-0.2, -0.15) is 5.26 Å². The highest BCUT2D eigenvalue weighted by Gasteiger charge is 2.17. The predicted molar refractivity (Wildman–Crippen MR) is 100 cm³/mol. The monoisotopic (exact) mass is 358 g/mol. The Morgan fingerprint density at radius 1 is 1.56 bits per heavy atom. The van der Waals surface area contributed by atoms with Gasteiger partial charge in [0, 0.05) is 17.5 Å². The van der Waals surface area contributed by atoms with E-state index in [1.54, 1.807) is 11.8 Å². The predicted octanol–water partition coefficient (Wildman–Crippen LogP) is 2.67. The molecule has 2 rings (SSSR count). The van der Waals surface area contributed by atoms with Crippen molar-refractivity contribution in [3.8, 4) is 11.8 Å². The fourth-order valence-electron chi connectivity index (χ4n) is 2.35. The van der Waals surface area contributed by atoms with Gasteiger partial charge in [-0.15, -0.1) is 0 Å². The molecule has 132 valence electrons. The molecule has 0 fully saturated rings. The normalized spacial score (nSPS) is 15.1. The van der Waals surface area contributed by atoms with Crippen molar-refractivity contribution in [1.29, 1.82) is 5.26 Å². The number of hydrogen-bond acceptors (Lipinski definition) is 6. The average molecular weight is 358 g/mol. The zero-order valence-corrected chi connectivity index (χ0v) is 15.4. The molecule has 0 saturated carbocycles. The van der Waals surface area contributed by atoms with Crippen molar-refractivity contribution in [3.63, 3.8) is 0 Å². The molecule has 0 spiro atoms. The van der Waals surface area contributed by atoms with E-state index < -0.39 is 5.91 Å². The largest absolute Gasteiger partial charge is 0.494 e. The number of carbonyl (C=O) groups excluding carboxylic acids is 1. The van der Waals surface area contributed by atoms with E-state index >= 15 is 0 Å². The molecule has 7 heteroatoms. The van der Waals surface area contributed by atoms with Crippen molar-refractivity contribution in [2.45, 2.75) is 26.8 Å². The van der Waals surface area contributed by atoms with E-state index in [1.807, 2.05) is 45.0 Å². The molecule has 1 aromatic carbocycles. The van der Waals surface area contributed by atoms with Crippen molar-refractivity contribution >= 4 is 22.8 Å². The molecule has 1 aromatic rings. The van der Waals surface area contributed by atoms with Gasteiger partial charge in [-0.25, -0.2) is 0 Å². The average Bonchev–Trinajstić information content (AvgIpc) is 3.10. The molecule has 0 aromatic heterocycles. The summed E-state index contributed by atoms with van der Waals surface area (Å²) in [5, 5.41) is 15.7. The smallest absolute Gasteiger partial charge is 0.263 e. The van der Waals surface area contributed by atoms with Gasteiger partial charge >= 0.3 is 0 Å². The van der Waals surface area contributed by atoms with Gasteiger partial charge in [0.05, 0.1) is 19.2 Å². The number of aryl methyl sites for hydroxylation is 1. The maximum absolute atomic E-state index is 12.4. The van der Waals surface area contributed by atoms with E-state index in [1.165, 1.54) is 6.20 Å². The Morgan fingerprint density at radius 2 is 2.36 bits per heavy atom. The molecule has 1 heterocycles. The van der Waals surface area contributed by atoms with Crippen LogP contribution in [0.2, 0.25) is 0 Å². The maximum Gasteiger partial charge on any atom is 0.263 e. The Hall–Kier alpha value is -2.46. The summed E-state index contributed by atoms with van der Waals surface area (Å²) in [6.45, 7) is 7.06. The number of carbonyl (C=O) groups is 1. The summed E-state index contributed by atoms with van der Waals surface area (Å²) in [7, 11) is 0. The third-order valence-corrected chi connectivity index (χ3v) is 4.48. The van der Waals surface area contributed by atoms with Crippen LogP contribution in [0.5, 0.6) is 5.75 Å². The zero-order chi connectivity index (χ0) is 18.2. The Bertz CT molecular complexity index is 737. The number of thioether (sulfide) groups is 1. The van der Waals surface area contributed by atoms with Crippen molar-refractivity contribution < 1.29 is 9.53 Å². The molecule has 1 unspecified atom stereocenters. The zero-order valence-electron chi connectivity index (χ0n) is 14.6. The highest BCUT2D eigenvalue weighted by molar-refractivity contribution is 8.14. The summed E-state index contributed by atoms with van der Waals surface area (Å²) in [4.78, 5) is 16.6. The molecule has 0 saturated heterocycles. The lowest BCUT2D eigenvalue weighted by atomic mass is 10.0. The number of amides is 1. The fraction of sp³-hybridized carbons (Fsp3) is 0.389. The first-order valence-electron chi connectivity index (χ1n) is 8.13. The molecule has 0 aliphatic carbocycles. The van der Waals surface area contributed by atoms with Gasteiger partial charge in [0.1, 0.15) is 17.4 Å². The third kappa shape index (κ3) is 5.26. The number of hydrogen-bond donors (Lipinski definition) is 2. The number of nitrogens with zero attached hydrogens (tertiary/aromatic N) is 2. The minimum absolute atomic E-state index is 0.00710. The molecule has 1 atom stereocenters. The number of rotatable bonds is 6. The number of aliphatic imine (C=N–C) groups is 1. The SMILES string of the molecule is CCOc1ccc(C)cc1C(C)NC(=O)/C(C#N)=C\NC1=NCCS1. The van der Waals surface area contributed by atoms with Gasteiger partial charge in [-0.05, 0) is 26.8 Å². The quantitative estimate of drug-likeness (QED) is 0.603. The first kappa shape index (κ1) is 18.9. The van der Waals surface area contributed by atoms with Crippen molar-refractivity contribution in [2.75, 3.05) is 18.9 Å². The lowest BCUT2D eigenvalue weighted by Crippen LogP contribution is -2.29. The lowest BCUT2D eigenvalue weighted by Gasteiger charge is -2.18. The second-order valence-corrected chi connectivity index (χ2v) is 6.60. The Kier molecular flexibility index (Phi) is 6.90. The molecule has 1 aliphatic heterocycles. The third-order valence-electron chi connectivity index (χ3n) is 3.57. The first-order chi connectivity index (χ1) is 12.0. The summed E-state index contributed by atoms with van der Waals surface area (Å²) in [6.07, 6.45) is 1.40. The van der Waals surface area contributed by atoms with Crippen LogP contribution in [0.25, 0.3) is 0 Å². The van der Waals surface area contributed by atoms with Crippen LogP contribution in [-0.2, 0) is 4.79 Å². The molecule has 25 heavy (non-hydrogen) atoms. The van der Waals surface area contributed by atoms with Crippen LogP contribution in [0.15, 0.2) is 35.0 Å². The van der Waals surface area contributed by atoms with Crippen LogP contribution in [0, 0.1) is 18.3 Å². The van der Waals surface area contributed by atoms with Crippen LogP contribution < -0.4 is 15.4 Å². The fourth-order valence-corrected chi connectivity index (χ4v) is 3.05. The van der Waals surface area contributed by atoms with E-state index in [0.717, 1.165) is 34.3 Å². The highest BCUT2D eigenvalue weighted by Crippen LogP contribution is 2.26. The van der Waals surface area contributed by atoms with Gasteiger partial charge < -0.3 is 15.4 Å². The standard InChI is InChI=1S/C18H22N4O2S/c1-4-24-16-6-5-12(2)9-15(16)13(3)22-17(23)14(10-19)11-21-18-20-7-8-25-18/h5-6,9,11,13H,4,7-8H2,1-3H3,(H,20,21)(H,22,23)/b14-11-. The summed E-state index contributed by atoms with van der Waals surface area (Å²) in [6, 6.07) is 7.48. The summed E-state index contributed by atoms with van der Waals surface area (Å²) >= 11 is 1.56. The molecule has 0 radical (unpaired) electrons. The molecule has 0 bridgehead atoms. The molecule has 6 nitrogen and oxygen atoms in total. The van der Waals surface area contributed by atoms with Gasteiger partial charge in [0.25, 0.3) is 5.91 Å². The van der Waals surface area contributed by atoms with E-state index in [0.29, 0.717) is 6.61 Å². The van der Waals surface area contributed by atoms with E-state index in [9.17, 15) is 10.1 Å². The van der Waals surface area contributed by atoms with Crippen molar-refractivity contribution in [3.05, 3.63) is 41.1 Å². The van der Waals surface area contributed by atoms with Crippen LogP contribution >= 0.6 is 11.8 Å². The van der Waals surface area contributed by atoms with Crippen LogP contribution in [-0.4, -0.2) is 30.0 Å². The maximum atomic E-state index is 12.4. The number of amidine groups is 1. The number of nitriles is 1. The molecule has 1 aliphatic rings. The molecular formula is C18H22N4O2S. The summed E-state index contributed by atoms with van der Waals surface area (Å²) < 4.78 is 5.63. The van der Waals surface area contributed by atoms with Crippen LogP contribution in [0.4, 0.5) is 0 Å². The van der Waals surface area contributed by atoms with Crippen molar-refractivity contribution in [1.82, 2.24) is 10.6 Å². The molecule has 2 N–H and O–H groups in total. The molecular weight excluding hydrogens is 336 g/mol. The van der Waals surface area contributed by atoms with Crippen LogP contribution in [0.3, 0.4) is 0 Å². The topological polar surface area (TPSA) is 86.5 Å². The number of benzene rings is 1. The van der Waals surface area contributed by atoms with E-state index in [-0.39, 0.29) is 11.6 Å². The second kappa shape index (κ2) is 9.14.